The van der Waals surface area contributed by atoms with Gasteiger partial charge in [0.05, 0.1) is 6.54 Å². The van der Waals surface area contributed by atoms with E-state index in [0.717, 1.165) is 0 Å². The first-order valence-corrected chi connectivity index (χ1v) is 6.89. The Bertz CT molecular complexity index is 477. The molecule has 0 radical (unpaired) electrons. The number of alkyl halides is 3. The fourth-order valence-electron chi connectivity index (χ4n) is 1.85. The third-order valence-electron chi connectivity index (χ3n) is 2.67. The van der Waals surface area contributed by atoms with Gasteiger partial charge in [0.2, 0.25) is 0 Å². The van der Waals surface area contributed by atoms with E-state index < -0.39 is 12.7 Å². The maximum atomic E-state index is 12.5. The van der Waals surface area contributed by atoms with E-state index in [1.807, 2.05) is 6.92 Å². The number of halogens is 4. The Kier molecular flexibility index (Phi) is 6.23. The summed E-state index contributed by atoms with van der Waals surface area (Å²) in [5, 5.41) is 0.374. The zero-order valence-electron chi connectivity index (χ0n) is 11.0. The van der Waals surface area contributed by atoms with Crippen molar-refractivity contribution in [2.45, 2.75) is 26.1 Å². The summed E-state index contributed by atoms with van der Waals surface area (Å²) in [6, 6.07) is 4.91. The SMILES string of the molecule is CCCN(Cc1ccc(C(N)=S)cc1Cl)CC(F)(F)F. The smallest absolute Gasteiger partial charge is 0.389 e. The molecule has 7 heteroatoms. The van der Waals surface area contributed by atoms with Crippen molar-refractivity contribution in [2.75, 3.05) is 13.1 Å². The van der Waals surface area contributed by atoms with Crippen molar-refractivity contribution in [3.05, 3.63) is 34.3 Å². The van der Waals surface area contributed by atoms with Crippen LogP contribution in [0.1, 0.15) is 24.5 Å². The maximum Gasteiger partial charge on any atom is 0.401 e. The molecule has 0 fully saturated rings. The zero-order valence-corrected chi connectivity index (χ0v) is 12.6. The Morgan fingerprint density at radius 1 is 1.40 bits per heavy atom. The largest absolute Gasteiger partial charge is 0.401 e. The Morgan fingerprint density at radius 3 is 2.50 bits per heavy atom. The van der Waals surface area contributed by atoms with Crippen molar-refractivity contribution in [1.82, 2.24) is 4.90 Å². The summed E-state index contributed by atoms with van der Waals surface area (Å²) >= 11 is 10.9. The molecule has 0 spiro atoms. The normalized spacial score (nSPS) is 11.9. The molecular weight excluding hydrogens is 309 g/mol. The minimum Gasteiger partial charge on any atom is -0.389 e. The molecule has 0 bridgehead atoms. The quantitative estimate of drug-likeness (QED) is 0.808. The minimum atomic E-state index is -4.22. The summed E-state index contributed by atoms with van der Waals surface area (Å²) < 4.78 is 37.5. The van der Waals surface area contributed by atoms with Gasteiger partial charge in [-0.15, -0.1) is 0 Å². The highest BCUT2D eigenvalue weighted by Gasteiger charge is 2.30. The summed E-state index contributed by atoms with van der Waals surface area (Å²) in [4.78, 5) is 1.53. The van der Waals surface area contributed by atoms with Gasteiger partial charge in [0, 0.05) is 17.1 Å². The van der Waals surface area contributed by atoms with Gasteiger partial charge in [-0.1, -0.05) is 42.9 Å². The van der Waals surface area contributed by atoms with E-state index in [-0.39, 0.29) is 11.5 Å². The molecule has 0 heterocycles. The van der Waals surface area contributed by atoms with Gasteiger partial charge in [0.25, 0.3) is 0 Å². The summed E-state index contributed by atoms with van der Waals surface area (Å²) in [6.45, 7) is 1.38. The lowest BCUT2D eigenvalue weighted by molar-refractivity contribution is -0.147. The van der Waals surface area contributed by atoms with Crippen molar-refractivity contribution in [3.8, 4) is 0 Å². The molecule has 0 atom stereocenters. The molecule has 112 valence electrons. The molecule has 2 N–H and O–H groups in total. The van der Waals surface area contributed by atoms with Crippen LogP contribution in [-0.2, 0) is 6.54 Å². The molecule has 1 rings (SSSR count). The molecule has 0 aliphatic heterocycles. The zero-order chi connectivity index (χ0) is 15.3. The standard InChI is InChI=1S/C13H16ClF3N2S/c1-2-5-19(8-13(15,16)17)7-10-4-3-9(12(18)20)6-11(10)14/h3-4,6H,2,5,7-8H2,1H3,(H2,18,20). The van der Waals surface area contributed by atoms with Crippen LogP contribution in [0.15, 0.2) is 18.2 Å². The van der Waals surface area contributed by atoms with E-state index in [1.54, 1.807) is 18.2 Å². The molecule has 1 aromatic carbocycles. The fourth-order valence-corrected chi connectivity index (χ4v) is 2.22. The fraction of sp³-hybridized carbons (Fsp3) is 0.462. The molecule has 1 aromatic rings. The van der Waals surface area contributed by atoms with E-state index in [0.29, 0.717) is 29.1 Å². The molecule has 0 aliphatic carbocycles. The Morgan fingerprint density at radius 2 is 2.05 bits per heavy atom. The highest BCUT2D eigenvalue weighted by molar-refractivity contribution is 7.80. The van der Waals surface area contributed by atoms with Crippen molar-refractivity contribution < 1.29 is 13.2 Å². The average molecular weight is 325 g/mol. The molecule has 0 saturated heterocycles. The molecule has 0 amide bonds. The van der Waals surface area contributed by atoms with Crippen molar-refractivity contribution in [3.63, 3.8) is 0 Å². The van der Waals surface area contributed by atoms with Crippen LogP contribution >= 0.6 is 23.8 Å². The summed E-state index contributed by atoms with van der Waals surface area (Å²) in [6.07, 6.45) is -3.58. The number of hydrogen-bond acceptors (Lipinski definition) is 2. The van der Waals surface area contributed by atoms with Gasteiger partial charge in [0.1, 0.15) is 4.99 Å². The van der Waals surface area contributed by atoms with Crippen molar-refractivity contribution in [1.29, 1.82) is 0 Å². The van der Waals surface area contributed by atoms with Crippen LogP contribution in [0.25, 0.3) is 0 Å². The van der Waals surface area contributed by atoms with E-state index >= 15 is 0 Å². The predicted molar refractivity (Wildman–Crippen MR) is 79.0 cm³/mol. The van der Waals surface area contributed by atoms with Crippen LogP contribution in [-0.4, -0.2) is 29.2 Å². The third kappa shape index (κ3) is 5.64. The van der Waals surface area contributed by atoms with Gasteiger partial charge in [-0.05, 0) is 24.6 Å². The Hall–Kier alpha value is -0.850. The Labute approximate surface area is 126 Å². The van der Waals surface area contributed by atoms with Crippen molar-refractivity contribution in [2.24, 2.45) is 5.73 Å². The van der Waals surface area contributed by atoms with Gasteiger partial charge >= 0.3 is 6.18 Å². The summed E-state index contributed by atoms with van der Waals surface area (Å²) in [5.41, 5.74) is 6.71. The Balaban J connectivity index is 2.85. The van der Waals surface area contributed by atoms with Crippen LogP contribution in [0.2, 0.25) is 5.02 Å². The molecule has 0 saturated carbocycles. The highest BCUT2D eigenvalue weighted by atomic mass is 35.5. The van der Waals surface area contributed by atoms with E-state index in [4.69, 9.17) is 29.6 Å². The molecule has 0 aliphatic rings. The number of rotatable bonds is 6. The number of benzene rings is 1. The first kappa shape index (κ1) is 17.2. The van der Waals surface area contributed by atoms with Gasteiger partial charge in [-0.2, -0.15) is 13.2 Å². The second-order valence-corrected chi connectivity index (χ2v) is 5.34. The van der Waals surface area contributed by atoms with Crippen molar-refractivity contribution >= 4 is 28.8 Å². The number of thiocarbonyl (C=S) groups is 1. The minimum absolute atomic E-state index is 0.143. The topological polar surface area (TPSA) is 29.3 Å². The van der Waals surface area contributed by atoms with Crippen LogP contribution in [0.3, 0.4) is 0 Å². The van der Waals surface area contributed by atoms with Crippen LogP contribution in [0.4, 0.5) is 13.2 Å². The van der Waals surface area contributed by atoms with Gasteiger partial charge in [0.15, 0.2) is 0 Å². The van der Waals surface area contributed by atoms with Gasteiger partial charge < -0.3 is 5.73 Å². The first-order valence-electron chi connectivity index (χ1n) is 6.10. The van der Waals surface area contributed by atoms with Crippen LogP contribution < -0.4 is 5.73 Å². The summed E-state index contributed by atoms with van der Waals surface area (Å²) in [7, 11) is 0. The molecule has 20 heavy (non-hydrogen) atoms. The van der Waals surface area contributed by atoms with Gasteiger partial charge in [-0.3, -0.25) is 4.90 Å². The number of nitrogens with zero attached hydrogens (tertiary/aromatic N) is 1. The van der Waals surface area contributed by atoms with E-state index in [2.05, 4.69) is 0 Å². The number of hydrogen-bond donors (Lipinski definition) is 1. The highest BCUT2D eigenvalue weighted by Crippen LogP contribution is 2.23. The lowest BCUT2D eigenvalue weighted by Crippen LogP contribution is -2.34. The lowest BCUT2D eigenvalue weighted by atomic mass is 10.1. The third-order valence-corrected chi connectivity index (χ3v) is 3.26. The second kappa shape index (κ2) is 7.24. The van der Waals surface area contributed by atoms with Crippen LogP contribution in [0, 0.1) is 0 Å². The van der Waals surface area contributed by atoms with Gasteiger partial charge in [-0.25, -0.2) is 0 Å². The first-order chi connectivity index (χ1) is 9.23. The maximum absolute atomic E-state index is 12.5. The summed E-state index contributed by atoms with van der Waals surface area (Å²) in [5.74, 6) is 0. The predicted octanol–water partition coefficient (Wildman–Crippen LogP) is 3.75. The monoisotopic (exact) mass is 324 g/mol. The molecule has 0 unspecified atom stereocenters. The lowest BCUT2D eigenvalue weighted by Gasteiger charge is -2.23. The molecule has 2 nitrogen and oxygen atoms in total. The number of nitrogens with two attached hydrogens (primary N) is 1. The molecular formula is C13H16ClF3N2S. The van der Waals surface area contributed by atoms with Crippen LogP contribution in [0.5, 0.6) is 0 Å². The van der Waals surface area contributed by atoms with E-state index in [1.165, 1.54) is 4.90 Å². The molecule has 0 aromatic heterocycles. The second-order valence-electron chi connectivity index (χ2n) is 4.50. The average Bonchev–Trinajstić information content (AvgIpc) is 2.29. The van der Waals surface area contributed by atoms with E-state index in [9.17, 15) is 13.2 Å².